The van der Waals surface area contributed by atoms with Gasteiger partial charge in [-0.05, 0) is 19.3 Å². The number of nitrogens with one attached hydrogen (secondary N) is 2. The molecule has 0 unspecified atom stereocenters. The summed E-state index contributed by atoms with van der Waals surface area (Å²) in [5, 5.41) is 5.64. The zero-order chi connectivity index (χ0) is 16.9. The van der Waals surface area contributed by atoms with E-state index in [1.807, 2.05) is 0 Å². The Morgan fingerprint density at radius 3 is 2.43 bits per heavy atom. The predicted octanol–water partition coefficient (Wildman–Crippen LogP) is 0.654. The molecule has 0 radical (unpaired) electrons. The van der Waals surface area contributed by atoms with Crippen LogP contribution in [0.1, 0.15) is 44.9 Å². The molecule has 0 spiro atoms. The van der Waals surface area contributed by atoms with Gasteiger partial charge in [-0.3, -0.25) is 4.79 Å². The minimum Gasteiger partial charge on any atom is -0.342 e. The van der Waals surface area contributed by atoms with E-state index in [0.717, 1.165) is 25.7 Å². The van der Waals surface area contributed by atoms with E-state index in [2.05, 4.69) is 10.6 Å². The monoisotopic (exact) mass is 345 g/mol. The fourth-order valence-electron chi connectivity index (χ4n) is 3.23. The maximum Gasteiger partial charge on any atom is 0.315 e. The first-order chi connectivity index (χ1) is 10.9. The predicted molar refractivity (Wildman–Crippen MR) is 87.9 cm³/mol. The summed E-state index contributed by atoms with van der Waals surface area (Å²) in [4.78, 5) is 25.4. The molecule has 1 saturated carbocycles. The summed E-state index contributed by atoms with van der Waals surface area (Å²) >= 11 is 0. The van der Waals surface area contributed by atoms with Gasteiger partial charge < -0.3 is 15.5 Å². The summed E-state index contributed by atoms with van der Waals surface area (Å²) in [5.74, 6) is 0.0624. The number of carbonyl (C=O) groups is 2. The Labute approximate surface area is 138 Å². The van der Waals surface area contributed by atoms with Crippen molar-refractivity contribution in [3.05, 3.63) is 0 Å². The zero-order valence-electron chi connectivity index (χ0n) is 13.7. The lowest BCUT2D eigenvalue weighted by Crippen LogP contribution is -2.44. The molecule has 0 aromatic rings. The van der Waals surface area contributed by atoms with Crippen LogP contribution in [0, 0.1) is 0 Å². The Hall–Kier alpha value is -1.31. The van der Waals surface area contributed by atoms with E-state index >= 15 is 0 Å². The summed E-state index contributed by atoms with van der Waals surface area (Å²) in [6.07, 6.45) is 6.26. The maximum absolute atomic E-state index is 12.1. The second-order valence-corrected chi connectivity index (χ2v) is 8.78. The first-order valence-corrected chi connectivity index (χ1v) is 10.2. The highest BCUT2D eigenvalue weighted by atomic mass is 32.2. The molecule has 0 aromatic carbocycles. The fourth-order valence-corrected chi connectivity index (χ4v) is 5.00. The van der Waals surface area contributed by atoms with E-state index in [9.17, 15) is 18.0 Å². The molecule has 7 nitrogen and oxygen atoms in total. The van der Waals surface area contributed by atoms with Crippen molar-refractivity contribution in [1.82, 2.24) is 15.5 Å². The van der Waals surface area contributed by atoms with Gasteiger partial charge in [0.15, 0.2) is 9.84 Å². The van der Waals surface area contributed by atoms with Gasteiger partial charge in [0.25, 0.3) is 0 Å². The third-order valence-corrected chi connectivity index (χ3v) is 6.46. The van der Waals surface area contributed by atoms with Crippen LogP contribution in [-0.4, -0.2) is 62.4 Å². The average Bonchev–Trinajstić information content (AvgIpc) is 2.87. The Bertz CT molecular complexity index is 529. The van der Waals surface area contributed by atoms with E-state index in [1.54, 1.807) is 7.05 Å². The molecular formula is C15H27N3O4S. The van der Waals surface area contributed by atoms with Crippen molar-refractivity contribution in [1.29, 1.82) is 0 Å². The van der Waals surface area contributed by atoms with Gasteiger partial charge in [0.05, 0.1) is 11.5 Å². The fraction of sp³-hybridized carbons (Fsp3) is 0.867. The van der Waals surface area contributed by atoms with Crippen molar-refractivity contribution >= 4 is 21.8 Å². The summed E-state index contributed by atoms with van der Waals surface area (Å²) in [6.45, 7) is 0.265. The van der Waals surface area contributed by atoms with E-state index in [1.165, 1.54) is 11.3 Å². The molecule has 2 rings (SSSR count). The Morgan fingerprint density at radius 2 is 1.83 bits per heavy atom. The molecule has 2 N–H and O–H groups in total. The van der Waals surface area contributed by atoms with Crippen LogP contribution < -0.4 is 10.6 Å². The van der Waals surface area contributed by atoms with E-state index in [4.69, 9.17) is 0 Å². The van der Waals surface area contributed by atoms with Crippen molar-refractivity contribution < 1.29 is 18.0 Å². The largest absolute Gasteiger partial charge is 0.342 e. The van der Waals surface area contributed by atoms with Gasteiger partial charge in [0, 0.05) is 32.1 Å². The minimum atomic E-state index is -3.00. The van der Waals surface area contributed by atoms with Crippen LogP contribution in [0.3, 0.4) is 0 Å². The highest BCUT2D eigenvalue weighted by Crippen LogP contribution is 2.18. The molecule has 8 heteroatoms. The number of sulfone groups is 1. The van der Waals surface area contributed by atoms with Gasteiger partial charge >= 0.3 is 6.03 Å². The first-order valence-electron chi connectivity index (χ1n) is 8.38. The molecule has 1 aliphatic carbocycles. The molecule has 3 amide bonds. The lowest BCUT2D eigenvalue weighted by molar-refractivity contribution is -0.131. The quantitative estimate of drug-likeness (QED) is 0.765. The van der Waals surface area contributed by atoms with Gasteiger partial charge in [-0.2, -0.15) is 0 Å². The number of amides is 3. The molecule has 1 saturated heterocycles. The molecule has 23 heavy (non-hydrogen) atoms. The SMILES string of the molecule is CN(C(=O)CCNC(=O)NC1CCCCC1)[C@H]1CCS(=O)(=O)C1. The Kier molecular flexibility index (Phi) is 6.26. The molecular weight excluding hydrogens is 318 g/mol. The van der Waals surface area contributed by atoms with Gasteiger partial charge in [-0.15, -0.1) is 0 Å². The van der Waals surface area contributed by atoms with E-state index in [0.29, 0.717) is 6.42 Å². The number of carbonyl (C=O) groups excluding carboxylic acids is 2. The zero-order valence-corrected chi connectivity index (χ0v) is 14.5. The van der Waals surface area contributed by atoms with Gasteiger partial charge in [0.1, 0.15) is 0 Å². The van der Waals surface area contributed by atoms with Crippen LogP contribution in [0.5, 0.6) is 0 Å². The van der Waals surface area contributed by atoms with E-state index < -0.39 is 9.84 Å². The average molecular weight is 345 g/mol. The third kappa shape index (κ3) is 5.67. The minimum absolute atomic E-state index is 0.0465. The number of urea groups is 1. The highest BCUT2D eigenvalue weighted by Gasteiger charge is 2.32. The molecule has 2 aliphatic rings. The summed E-state index contributed by atoms with van der Waals surface area (Å²) < 4.78 is 22.9. The molecule has 1 atom stereocenters. The normalized spacial score (nSPS) is 24.1. The van der Waals surface area contributed by atoms with Crippen LogP contribution in [0.15, 0.2) is 0 Å². The van der Waals surface area contributed by atoms with E-state index in [-0.39, 0.29) is 48.5 Å². The van der Waals surface area contributed by atoms with Crippen LogP contribution in [-0.2, 0) is 14.6 Å². The van der Waals surface area contributed by atoms with Crippen molar-refractivity contribution in [2.24, 2.45) is 0 Å². The standard InChI is InChI=1S/C15H27N3O4S/c1-18(13-8-10-23(21,22)11-13)14(19)7-9-16-15(20)17-12-5-3-2-4-6-12/h12-13H,2-11H2,1H3,(H2,16,17,20)/t13-/m0/s1. The number of hydrogen-bond donors (Lipinski definition) is 2. The maximum atomic E-state index is 12.1. The first kappa shape index (κ1) is 18.0. The molecule has 2 fully saturated rings. The summed E-state index contributed by atoms with van der Waals surface area (Å²) in [6, 6.07) is -0.217. The third-order valence-electron chi connectivity index (χ3n) is 4.71. The van der Waals surface area contributed by atoms with Crippen LogP contribution in [0.4, 0.5) is 4.79 Å². The second-order valence-electron chi connectivity index (χ2n) is 6.55. The molecule has 1 aliphatic heterocycles. The summed E-state index contributed by atoms with van der Waals surface area (Å²) in [7, 11) is -1.36. The number of hydrogen-bond acceptors (Lipinski definition) is 4. The van der Waals surface area contributed by atoms with Crippen molar-refractivity contribution in [3.63, 3.8) is 0 Å². The molecule has 1 heterocycles. The molecule has 0 bridgehead atoms. The Morgan fingerprint density at radius 1 is 1.13 bits per heavy atom. The van der Waals surface area contributed by atoms with Crippen LogP contribution >= 0.6 is 0 Å². The highest BCUT2D eigenvalue weighted by molar-refractivity contribution is 7.91. The smallest absolute Gasteiger partial charge is 0.315 e. The van der Waals surface area contributed by atoms with Crippen molar-refractivity contribution in [2.75, 3.05) is 25.1 Å². The van der Waals surface area contributed by atoms with Gasteiger partial charge in [-0.25, -0.2) is 13.2 Å². The Balaban J connectivity index is 1.65. The lowest BCUT2D eigenvalue weighted by atomic mass is 9.96. The molecule has 132 valence electrons. The van der Waals surface area contributed by atoms with Crippen LogP contribution in [0.25, 0.3) is 0 Å². The second kappa shape index (κ2) is 7.99. The van der Waals surface area contributed by atoms with Gasteiger partial charge in [0.2, 0.25) is 5.91 Å². The topological polar surface area (TPSA) is 95.6 Å². The van der Waals surface area contributed by atoms with Gasteiger partial charge in [-0.1, -0.05) is 19.3 Å². The lowest BCUT2D eigenvalue weighted by Gasteiger charge is -2.24. The summed E-state index contributed by atoms with van der Waals surface area (Å²) in [5.41, 5.74) is 0. The number of rotatable bonds is 5. The van der Waals surface area contributed by atoms with Crippen molar-refractivity contribution in [2.45, 2.75) is 57.0 Å². The van der Waals surface area contributed by atoms with Crippen LogP contribution in [0.2, 0.25) is 0 Å². The van der Waals surface area contributed by atoms with Crippen molar-refractivity contribution in [3.8, 4) is 0 Å². The molecule has 0 aromatic heterocycles. The number of nitrogens with zero attached hydrogens (tertiary/aromatic N) is 1.